The number of carboxylic acid groups (broad SMARTS) is 1. The predicted molar refractivity (Wildman–Crippen MR) is 66.4 cm³/mol. The van der Waals surface area contributed by atoms with E-state index in [0.717, 1.165) is 0 Å². The van der Waals surface area contributed by atoms with Gasteiger partial charge in [-0.2, -0.15) is 0 Å². The molecule has 0 aliphatic rings. The zero-order chi connectivity index (χ0) is 14.3. The van der Waals surface area contributed by atoms with E-state index in [1.807, 2.05) is 0 Å². The van der Waals surface area contributed by atoms with E-state index in [0.29, 0.717) is 6.54 Å². The number of hydrogen-bond donors (Lipinski definition) is 3. The van der Waals surface area contributed by atoms with Crippen LogP contribution < -0.4 is 10.6 Å². The van der Waals surface area contributed by atoms with E-state index < -0.39 is 39.9 Å². The van der Waals surface area contributed by atoms with E-state index in [4.69, 9.17) is 5.11 Å². The van der Waals surface area contributed by atoms with Gasteiger partial charge < -0.3 is 15.7 Å². The Morgan fingerprint density at radius 3 is 2.28 bits per heavy atom. The predicted octanol–water partition coefficient (Wildman–Crippen LogP) is -1.15. The van der Waals surface area contributed by atoms with Crippen molar-refractivity contribution in [3.05, 3.63) is 0 Å². The molecule has 0 saturated carbocycles. The first-order chi connectivity index (χ1) is 8.29. The Labute approximate surface area is 108 Å². The molecule has 2 amide bonds. The van der Waals surface area contributed by atoms with Gasteiger partial charge in [-0.3, -0.25) is 13.8 Å². The van der Waals surface area contributed by atoms with Crippen molar-refractivity contribution < 1.29 is 23.7 Å². The van der Waals surface area contributed by atoms with E-state index in [1.165, 1.54) is 13.8 Å². The van der Waals surface area contributed by atoms with E-state index in [1.54, 1.807) is 6.92 Å². The largest absolute Gasteiger partial charge is 0.480 e. The van der Waals surface area contributed by atoms with Crippen molar-refractivity contribution in [3.63, 3.8) is 0 Å². The maximum atomic E-state index is 11.8. The first-order valence-electron chi connectivity index (χ1n) is 5.44. The summed E-state index contributed by atoms with van der Waals surface area (Å²) in [7, 11) is -1.67. The molecule has 0 aliphatic heterocycles. The van der Waals surface area contributed by atoms with Crippen LogP contribution in [0.5, 0.6) is 0 Å². The topological polar surface area (TPSA) is 113 Å². The molecule has 104 valence electrons. The molecule has 0 aromatic carbocycles. The summed E-state index contributed by atoms with van der Waals surface area (Å²) in [6.45, 7) is 4.76. The maximum Gasteiger partial charge on any atom is 0.327 e. The summed E-state index contributed by atoms with van der Waals surface area (Å²) in [5.41, 5.74) is 0. The summed E-state index contributed by atoms with van der Waals surface area (Å²) in [4.78, 5) is 33.1. The van der Waals surface area contributed by atoms with Crippen LogP contribution in [0.3, 0.4) is 0 Å². The summed E-state index contributed by atoms with van der Waals surface area (Å²) in [5.74, 6) is -2.50. The third-order valence-electron chi connectivity index (χ3n) is 2.12. The second-order valence-electron chi connectivity index (χ2n) is 3.68. The lowest BCUT2D eigenvalue weighted by atomic mass is 10.3. The highest BCUT2D eigenvalue weighted by atomic mass is 32.2. The molecule has 0 spiro atoms. The summed E-state index contributed by atoms with van der Waals surface area (Å²) in [6.07, 6.45) is 0. The van der Waals surface area contributed by atoms with Gasteiger partial charge in [0, 0.05) is 24.3 Å². The number of hydrogen-bond acceptors (Lipinski definition) is 4. The number of amides is 2. The standard InChI is InChI=1S/C10H18N2O5S/c1-4-11-9(14)6(2)18(17)5-8(10(15)16)12-7(3)13/h6,8H,4-5H2,1-3H3,(H,11,14)(H,12,13)(H,15,16)/t6?,8-,18?/m0/s1. The number of aliphatic carboxylic acids is 1. The molecular weight excluding hydrogens is 260 g/mol. The molecule has 0 heterocycles. The molecule has 0 aromatic heterocycles. The lowest BCUT2D eigenvalue weighted by molar-refractivity contribution is -0.140. The van der Waals surface area contributed by atoms with Crippen molar-refractivity contribution >= 4 is 28.6 Å². The summed E-state index contributed by atoms with van der Waals surface area (Å²) >= 11 is 0. The van der Waals surface area contributed by atoms with E-state index in [9.17, 15) is 18.6 Å². The number of rotatable bonds is 7. The molecule has 0 rings (SSSR count). The van der Waals surface area contributed by atoms with Crippen molar-refractivity contribution in [1.29, 1.82) is 0 Å². The van der Waals surface area contributed by atoms with Crippen LogP contribution in [0, 0.1) is 0 Å². The van der Waals surface area contributed by atoms with Crippen LogP contribution in [0.15, 0.2) is 0 Å². The maximum absolute atomic E-state index is 11.8. The van der Waals surface area contributed by atoms with Crippen molar-refractivity contribution in [3.8, 4) is 0 Å². The van der Waals surface area contributed by atoms with Crippen LogP contribution in [0.25, 0.3) is 0 Å². The molecule has 3 atom stereocenters. The Kier molecular flexibility index (Phi) is 7.18. The highest BCUT2D eigenvalue weighted by Gasteiger charge is 2.26. The Hall–Kier alpha value is -1.44. The van der Waals surface area contributed by atoms with Gasteiger partial charge in [-0.15, -0.1) is 0 Å². The minimum absolute atomic E-state index is 0.298. The first kappa shape index (κ1) is 16.6. The summed E-state index contributed by atoms with van der Waals surface area (Å²) < 4.78 is 11.8. The molecule has 2 unspecified atom stereocenters. The minimum atomic E-state index is -1.67. The van der Waals surface area contributed by atoms with Crippen LogP contribution in [-0.4, -0.2) is 50.7 Å². The van der Waals surface area contributed by atoms with Crippen molar-refractivity contribution in [1.82, 2.24) is 10.6 Å². The number of nitrogens with one attached hydrogen (secondary N) is 2. The van der Waals surface area contributed by atoms with E-state index in [-0.39, 0.29) is 5.75 Å². The van der Waals surface area contributed by atoms with Crippen molar-refractivity contribution in [2.45, 2.75) is 32.1 Å². The van der Waals surface area contributed by atoms with Crippen LogP contribution in [0.4, 0.5) is 0 Å². The fourth-order valence-electron chi connectivity index (χ4n) is 1.17. The molecule has 0 aromatic rings. The number of carboxylic acids is 1. The van der Waals surface area contributed by atoms with E-state index in [2.05, 4.69) is 10.6 Å². The Bertz CT molecular complexity index is 358. The SMILES string of the molecule is CCNC(=O)C(C)S(=O)C[C@H](NC(C)=O)C(=O)O. The van der Waals surface area contributed by atoms with Gasteiger partial charge in [0.25, 0.3) is 0 Å². The molecular formula is C10H18N2O5S. The third-order valence-corrected chi connectivity index (χ3v) is 3.79. The fraction of sp³-hybridized carbons (Fsp3) is 0.700. The zero-order valence-corrected chi connectivity index (χ0v) is 11.4. The van der Waals surface area contributed by atoms with Crippen LogP contribution in [0.2, 0.25) is 0 Å². The van der Waals surface area contributed by atoms with Gasteiger partial charge >= 0.3 is 5.97 Å². The lowest BCUT2D eigenvalue weighted by Crippen LogP contribution is -2.46. The third kappa shape index (κ3) is 5.76. The molecule has 0 fully saturated rings. The van der Waals surface area contributed by atoms with Gasteiger partial charge in [-0.1, -0.05) is 0 Å². The van der Waals surface area contributed by atoms with Gasteiger partial charge in [0.05, 0.1) is 5.75 Å². The molecule has 7 nitrogen and oxygen atoms in total. The molecule has 18 heavy (non-hydrogen) atoms. The number of carbonyl (C=O) groups is 3. The van der Waals surface area contributed by atoms with E-state index >= 15 is 0 Å². The van der Waals surface area contributed by atoms with Crippen LogP contribution in [0.1, 0.15) is 20.8 Å². The minimum Gasteiger partial charge on any atom is -0.480 e. The van der Waals surface area contributed by atoms with Gasteiger partial charge in [0.2, 0.25) is 11.8 Å². The van der Waals surface area contributed by atoms with Crippen molar-refractivity contribution in [2.75, 3.05) is 12.3 Å². The second kappa shape index (κ2) is 7.80. The Balaban J connectivity index is 4.54. The first-order valence-corrected chi connectivity index (χ1v) is 6.82. The molecule has 0 aliphatic carbocycles. The van der Waals surface area contributed by atoms with Gasteiger partial charge in [0.15, 0.2) is 0 Å². The fourth-order valence-corrected chi connectivity index (χ4v) is 2.33. The molecule has 0 bridgehead atoms. The normalized spacial score (nSPS) is 15.3. The van der Waals surface area contributed by atoms with Crippen LogP contribution in [-0.2, 0) is 25.2 Å². The molecule has 8 heteroatoms. The Morgan fingerprint density at radius 1 is 1.33 bits per heavy atom. The summed E-state index contributed by atoms with van der Waals surface area (Å²) in [5, 5.41) is 12.7. The highest BCUT2D eigenvalue weighted by Crippen LogP contribution is 2.00. The summed E-state index contributed by atoms with van der Waals surface area (Å²) in [6, 6.07) is -1.25. The average molecular weight is 278 g/mol. The van der Waals surface area contributed by atoms with Gasteiger partial charge in [-0.25, -0.2) is 4.79 Å². The Morgan fingerprint density at radius 2 is 1.89 bits per heavy atom. The number of carbonyl (C=O) groups excluding carboxylic acids is 2. The lowest BCUT2D eigenvalue weighted by Gasteiger charge is -2.16. The van der Waals surface area contributed by atoms with Gasteiger partial charge in [-0.05, 0) is 13.8 Å². The van der Waals surface area contributed by atoms with Crippen LogP contribution >= 0.6 is 0 Å². The second-order valence-corrected chi connectivity index (χ2v) is 5.48. The molecule has 0 saturated heterocycles. The molecule has 0 radical (unpaired) electrons. The highest BCUT2D eigenvalue weighted by molar-refractivity contribution is 7.86. The van der Waals surface area contributed by atoms with Gasteiger partial charge in [0.1, 0.15) is 11.3 Å². The molecule has 3 N–H and O–H groups in total. The average Bonchev–Trinajstić information content (AvgIpc) is 2.26. The smallest absolute Gasteiger partial charge is 0.327 e. The van der Waals surface area contributed by atoms with Crippen molar-refractivity contribution in [2.24, 2.45) is 0 Å². The zero-order valence-electron chi connectivity index (χ0n) is 10.6. The monoisotopic (exact) mass is 278 g/mol. The quantitative estimate of drug-likeness (QED) is 0.544.